The van der Waals surface area contributed by atoms with Gasteiger partial charge in [-0.15, -0.1) is 0 Å². The smallest absolute Gasteiger partial charge is 0.305 e. The van der Waals surface area contributed by atoms with E-state index in [0.717, 1.165) is 10.8 Å². The number of nitrogens with one attached hydrogen (secondary N) is 1. The fourth-order valence-corrected chi connectivity index (χ4v) is 1.88. The van der Waals surface area contributed by atoms with Crippen molar-refractivity contribution in [3.05, 3.63) is 35.5 Å². The van der Waals surface area contributed by atoms with Crippen LogP contribution in [0.4, 0.5) is 5.82 Å². The maximum Gasteiger partial charge on any atom is 0.305 e. The molecule has 0 spiro atoms. The van der Waals surface area contributed by atoms with Crippen molar-refractivity contribution in [1.29, 1.82) is 0 Å². The molecule has 4 nitrogen and oxygen atoms in total. The number of aromatic nitrogens is 1. The number of hydrogen-bond donors (Lipinski definition) is 2. The third-order valence-electron chi connectivity index (χ3n) is 2.37. The lowest BCUT2D eigenvalue weighted by Crippen LogP contribution is -2.08. The van der Waals surface area contributed by atoms with Crippen LogP contribution < -0.4 is 5.32 Å². The number of aliphatic carboxylic acids is 1. The highest BCUT2D eigenvalue weighted by atomic mass is 35.5. The van der Waals surface area contributed by atoms with Gasteiger partial charge in [-0.05, 0) is 17.5 Å². The maximum absolute atomic E-state index is 10.4. The highest BCUT2D eigenvalue weighted by Gasteiger charge is 2.06. The minimum atomic E-state index is -0.844. The number of carboxylic acids is 1. The van der Waals surface area contributed by atoms with Crippen molar-refractivity contribution >= 4 is 34.2 Å². The average Bonchev–Trinajstić information content (AvgIpc) is 2.29. The van der Waals surface area contributed by atoms with Crippen LogP contribution in [0.5, 0.6) is 0 Å². The Bertz CT molecular complexity index is 552. The Hall–Kier alpha value is -1.81. The van der Waals surface area contributed by atoms with Crippen LogP contribution in [0.25, 0.3) is 10.8 Å². The van der Waals surface area contributed by atoms with E-state index in [2.05, 4.69) is 10.3 Å². The van der Waals surface area contributed by atoms with Gasteiger partial charge in [-0.1, -0.05) is 23.7 Å². The number of anilines is 1. The Balaban J connectivity index is 2.30. The molecule has 0 bridgehead atoms. The van der Waals surface area contributed by atoms with Crippen molar-refractivity contribution in [3.63, 3.8) is 0 Å². The summed E-state index contributed by atoms with van der Waals surface area (Å²) in [5.74, 6) is -0.224. The number of hydrogen-bond acceptors (Lipinski definition) is 3. The van der Waals surface area contributed by atoms with Gasteiger partial charge in [-0.3, -0.25) is 4.79 Å². The van der Waals surface area contributed by atoms with Gasteiger partial charge in [-0.25, -0.2) is 4.98 Å². The Labute approximate surface area is 103 Å². The summed E-state index contributed by atoms with van der Waals surface area (Å²) in [5, 5.41) is 14.0. The molecule has 17 heavy (non-hydrogen) atoms. The summed E-state index contributed by atoms with van der Waals surface area (Å²) in [6, 6.07) is 7.45. The van der Waals surface area contributed by atoms with Crippen molar-refractivity contribution in [1.82, 2.24) is 4.98 Å². The van der Waals surface area contributed by atoms with Gasteiger partial charge in [0.05, 0.1) is 11.4 Å². The largest absolute Gasteiger partial charge is 0.481 e. The SMILES string of the molecule is O=C(O)CCNc1nccc2cccc(Cl)c12. The molecule has 0 aliphatic heterocycles. The molecule has 0 unspecified atom stereocenters. The zero-order valence-corrected chi connectivity index (χ0v) is 9.74. The monoisotopic (exact) mass is 250 g/mol. The van der Waals surface area contributed by atoms with E-state index in [1.807, 2.05) is 18.2 Å². The van der Waals surface area contributed by atoms with E-state index < -0.39 is 5.97 Å². The number of rotatable bonds is 4. The van der Waals surface area contributed by atoms with Crippen LogP contribution in [0.3, 0.4) is 0 Å². The molecule has 2 rings (SSSR count). The minimum absolute atomic E-state index is 0.0442. The number of carboxylic acid groups (broad SMARTS) is 1. The van der Waals surface area contributed by atoms with E-state index in [0.29, 0.717) is 17.4 Å². The topological polar surface area (TPSA) is 62.2 Å². The van der Waals surface area contributed by atoms with E-state index in [9.17, 15) is 4.79 Å². The van der Waals surface area contributed by atoms with Gasteiger partial charge in [0, 0.05) is 18.1 Å². The molecule has 1 aromatic heterocycles. The average molecular weight is 251 g/mol. The van der Waals surface area contributed by atoms with Gasteiger partial charge >= 0.3 is 5.97 Å². The van der Waals surface area contributed by atoms with Gasteiger partial charge < -0.3 is 10.4 Å². The lowest BCUT2D eigenvalue weighted by molar-refractivity contribution is -0.136. The standard InChI is InChI=1S/C12H11ClN2O2/c13-9-3-1-2-8-4-6-14-12(11(8)9)15-7-5-10(16)17/h1-4,6H,5,7H2,(H,14,15)(H,16,17). The third-order valence-corrected chi connectivity index (χ3v) is 2.69. The van der Waals surface area contributed by atoms with Crippen LogP contribution in [0, 0.1) is 0 Å². The lowest BCUT2D eigenvalue weighted by atomic mass is 10.1. The van der Waals surface area contributed by atoms with Gasteiger partial charge in [0.15, 0.2) is 0 Å². The van der Waals surface area contributed by atoms with E-state index in [1.165, 1.54) is 0 Å². The molecule has 1 aromatic carbocycles. The molecule has 0 amide bonds. The lowest BCUT2D eigenvalue weighted by Gasteiger charge is -2.08. The predicted molar refractivity (Wildman–Crippen MR) is 67.5 cm³/mol. The van der Waals surface area contributed by atoms with Crippen molar-refractivity contribution in [2.75, 3.05) is 11.9 Å². The molecule has 0 saturated heterocycles. The molecule has 5 heteroatoms. The predicted octanol–water partition coefficient (Wildman–Crippen LogP) is 2.77. The van der Waals surface area contributed by atoms with Crippen molar-refractivity contribution in [2.45, 2.75) is 6.42 Å². The number of halogens is 1. The van der Waals surface area contributed by atoms with Crippen molar-refractivity contribution < 1.29 is 9.90 Å². The number of benzene rings is 1. The quantitative estimate of drug-likeness (QED) is 0.876. The first-order valence-corrected chi connectivity index (χ1v) is 5.55. The van der Waals surface area contributed by atoms with Crippen molar-refractivity contribution in [3.8, 4) is 0 Å². The summed E-state index contributed by atoms with van der Waals surface area (Å²) in [6.45, 7) is 0.326. The summed E-state index contributed by atoms with van der Waals surface area (Å²) in [5.41, 5.74) is 0. The van der Waals surface area contributed by atoms with Gasteiger partial charge in [-0.2, -0.15) is 0 Å². The minimum Gasteiger partial charge on any atom is -0.481 e. The van der Waals surface area contributed by atoms with Gasteiger partial charge in [0.1, 0.15) is 5.82 Å². The summed E-state index contributed by atoms with van der Waals surface area (Å²) in [7, 11) is 0. The molecular formula is C12H11ClN2O2. The number of carbonyl (C=O) groups is 1. The second kappa shape index (κ2) is 5.01. The maximum atomic E-state index is 10.4. The van der Waals surface area contributed by atoms with E-state index in [1.54, 1.807) is 12.3 Å². The van der Waals surface area contributed by atoms with E-state index >= 15 is 0 Å². The number of nitrogens with zero attached hydrogens (tertiary/aromatic N) is 1. The van der Waals surface area contributed by atoms with Crippen LogP contribution in [-0.4, -0.2) is 22.6 Å². The molecule has 0 radical (unpaired) electrons. The van der Waals surface area contributed by atoms with E-state index in [-0.39, 0.29) is 6.42 Å². The summed E-state index contributed by atoms with van der Waals surface area (Å²) < 4.78 is 0. The van der Waals surface area contributed by atoms with Crippen LogP contribution in [0.2, 0.25) is 5.02 Å². The highest BCUT2D eigenvalue weighted by Crippen LogP contribution is 2.28. The summed E-state index contributed by atoms with van der Waals surface area (Å²) in [6.07, 6.45) is 1.71. The number of pyridine rings is 1. The molecule has 0 atom stereocenters. The second-order valence-electron chi connectivity index (χ2n) is 3.57. The second-order valence-corrected chi connectivity index (χ2v) is 3.98. The zero-order valence-electron chi connectivity index (χ0n) is 8.98. The van der Waals surface area contributed by atoms with Gasteiger partial charge in [0.25, 0.3) is 0 Å². The summed E-state index contributed by atoms with van der Waals surface area (Å²) in [4.78, 5) is 14.6. The molecule has 88 valence electrons. The molecule has 0 aliphatic carbocycles. The van der Waals surface area contributed by atoms with Crippen LogP contribution in [0.15, 0.2) is 30.5 Å². The fraction of sp³-hybridized carbons (Fsp3) is 0.167. The van der Waals surface area contributed by atoms with Crippen LogP contribution in [-0.2, 0) is 4.79 Å². The summed E-state index contributed by atoms with van der Waals surface area (Å²) >= 11 is 6.11. The fourth-order valence-electron chi connectivity index (χ4n) is 1.61. The van der Waals surface area contributed by atoms with Gasteiger partial charge in [0.2, 0.25) is 0 Å². The molecule has 2 aromatic rings. The third kappa shape index (κ3) is 2.65. The Morgan fingerprint density at radius 3 is 3.00 bits per heavy atom. The first kappa shape index (κ1) is 11.7. The molecule has 0 aliphatic rings. The Kier molecular flexibility index (Phi) is 3.44. The first-order valence-electron chi connectivity index (χ1n) is 5.17. The molecule has 0 saturated carbocycles. The van der Waals surface area contributed by atoms with E-state index in [4.69, 9.17) is 16.7 Å². The van der Waals surface area contributed by atoms with Crippen LogP contribution in [0.1, 0.15) is 6.42 Å². The molecular weight excluding hydrogens is 240 g/mol. The van der Waals surface area contributed by atoms with Crippen molar-refractivity contribution in [2.24, 2.45) is 0 Å². The van der Waals surface area contributed by atoms with Crippen LogP contribution >= 0.6 is 11.6 Å². The molecule has 1 heterocycles. The number of fused-ring (bicyclic) bond motifs is 1. The normalized spacial score (nSPS) is 10.4. The highest BCUT2D eigenvalue weighted by molar-refractivity contribution is 6.36. The Morgan fingerprint density at radius 2 is 2.24 bits per heavy atom. The molecule has 2 N–H and O–H groups in total. The zero-order chi connectivity index (χ0) is 12.3. The first-order chi connectivity index (χ1) is 8.18. The Morgan fingerprint density at radius 1 is 1.41 bits per heavy atom. The molecule has 0 fully saturated rings.